The predicted molar refractivity (Wildman–Crippen MR) is 221 cm³/mol. The second kappa shape index (κ2) is 12.6. The summed E-state index contributed by atoms with van der Waals surface area (Å²) in [5.74, 6) is 2.50. The van der Waals surface area contributed by atoms with Crippen LogP contribution in [0.4, 0.5) is 11.4 Å². The van der Waals surface area contributed by atoms with Crippen LogP contribution < -0.4 is 4.90 Å². The van der Waals surface area contributed by atoms with Crippen LogP contribution in [0.25, 0.3) is 49.7 Å². The fraction of sp³-hybridized carbons (Fsp3) is 0.180. The second-order valence-electron chi connectivity index (χ2n) is 15.7. The highest BCUT2D eigenvalue weighted by molar-refractivity contribution is 6.10. The van der Waals surface area contributed by atoms with E-state index >= 15 is 0 Å². The molecule has 0 bridgehead atoms. The number of hydrogen-bond donors (Lipinski definition) is 0. The van der Waals surface area contributed by atoms with Gasteiger partial charge in [0.1, 0.15) is 0 Å². The van der Waals surface area contributed by atoms with E-state index in [1.165, 1.54) is 61.3 Å². The van der Waals surface area contributed by atoms with Gasteiger partial charge in [0.15, 0.2) is 0 Å². The summed E-state index contributed by atoms with van der Waals surface area (Å²) in [6.07, 6.45) is 18.0. The van der Waals surface area contributed by atoms with Gasteiger partial charge < -0.3 is 9.47 Å². The summed E-state index contributed by atoms with van der Waals surface area (Å²) in [5, 5.41) is 2.54. The summed E-state index contributed by atoms with van der Waals surface area (Å²) in [6.45, 7) is 5.02. The molecule has 2 heterocycles. The zero-order valence-corrected chi connectivity index (χ0v) is 30.3. The molecule has 1 saturated carbocycles. The standard InChI is InChI=1S/C50H43N3/c1-50(2)46-19-8-6-17-42(46)43-27-26-41(32-47(43)50)52(40-16-10-12-35(30-40)37-13-11-29-51-33-37)39-24-21-34(22-25-39)36-23-28-49-45(31-36)44-18-7-9-20-48(44)53(49)38-14-4-3-5-15-38/h3-26,28-31,33,42-43,46-47H,27,32H2,1-2H3. The van der Waals surface area contributed by atoms with Crippen molar-refractivity contribution in [1.29, 1.82) is 0 Å². The van der Waals surface area contributed by atoms with E-state index in [0.717, 1.165) is 18.4 Å². The topological polar surface area (TPSA) is 21.1 Å². The smallest absolute Gasteiger partial charge is 0.0541 e. The van der Waals surface area contributed by atoms with Gasteiger partial charge in [-0.3, -0.25) is 4.98 Å². The molecular weight excluding hydrogens is 643 g/mol. The van der Waals surface area contributed by atoms with Gasteiger partial charge in [0.05, 0.1) is 11.0 Å². The summed E-state index contributed by atoms with van der Waals surface area (Å²) in [6, 6.07) is 48.8. The van der Waals surface area contributed by atoms with Crippen molar-refractivity contribution in [1.82, 2.24) is 9.55 Å². The van der Waals surface area contributed by atoms with Gasteiger partial charge in [-0.2, -0.15) is 0 Å². The molecule has 5 aromatic carbocycles. The van der Waals surface area contributed by atoms with E-state index in [9.17, 15) is 0 Å². The van der Waals surface area contributed by atoms with E-state index in [0.29, 0.717) is 23.7 Å². The first-order valence-electron chi connectivity index (χ1n) is 19.1. The van der Waals surface area contributed by atoms with Crippen molar-refractivity contribution in [2.75, 3.05) is 4.90 Å². The second-order valence-corrected chi connectivity index (χ2v) is 15.7. The Kier molecular flexibility index (Phi) is 7.57. The van der Waals surface area contributed by atoms with Crippen LogP contribution in [0.2, 0.25) is 0 Å². The number of hydrogen-bond acceptors (Lipinski definition) is 2. The lowest BCUT2D eigenvalue weighted by molar-refractivity contribution is 0.183. The average Bonchev–Trinajstić information content (AvgIpc) is 3.67. The van der Waals surface area contributed by atoms with Gasteiger partial charge in [-0.25, -0.2) is 0 Å². The Morgan fingerprint density at radius 2 is 1.40 bits per heavy atom. The first-order valence-corrected chi connectivity index (χ1v) is 19.1. The van der Waals surface area contributed by atoms with Gasteiger partial charge >= 0.3 is 0 Å². The van der Waals surface area contributed by atoms with Gasteiger partial charge in [0.25, 0.3) is 0 Å². The molecule has 258 valence electrons. The first kappa shape index (κ1) is 31.8. The van der Waals surface area contributed by atoms with Gasteiger partial charge in [-0.15, -0.1) is 0 Å². The van der Waals surface area contributed by atoms with Crippen LogP contribution in [-0.2, 0) is 0 Å². The number of para-hydroxylation sites is 2. The largest absolute Gasteiger partial charge is 0.315 e. The van der Waals surface area contributed by atoms with Crippen LogP contribution in [-0.4, -0.2) is 9.55 Å². The molecule has 0 saturated heterocycles. The molecule has 3 aliphatic carbocycles. The Balaban J connectivity index is 1.05. The summed E-state index contributed by atoms with van der Waals surface area (Å²) < 4.78 is 2.38. The Hall–Kier alpha value is -5.93. The molecule has 2 aromatic heterocycles. The van der Waals surface area contributed by atoms with Crippen LogP contribution in [0.3, 0.4) is 0 Å². The lowest BCUT2D eigenvalue weighted by Gasteiger charge is -2.39. The van der Waals surface area contributed by atoms with Crippen molar-refractivity contribution in [3.8, 4) is 27.9 Å². The molecule has 0 radical (unpaired) electrons. The number of fused-ring (bicyclic) bond motifs is 6. The van der Waals surface area contributed by atoms with Gasteiger partial charge in [-0.05, 0) is 119 Å². The molecular formula is C50H43N3. The van der Waals surface area contributed by atoms with Crippen LogP contribution in [0.5, 0.6) is 0 Å². The molecule has 53 heavy (non-hydrogen) atoms. The third kappa shape index (κ3) is 5.29. The molecule has 0 amide bonds. The average molecular weight is 686 g/mol. The van der Waals surface area contributed by atoms with Crippen LogP contribution in [0.1, 0.15) is 26.7 Å². The van der Waals surface area contributed by atoms with Gasteiger partial charge in [0.2, 0.25) is 0 Å². The Bertz CT molecular complexity index is 2550. The van der Waals surface area contributed by atoms with Crippen molar-refractivity contribution in [3.05, 3.63) is 182 Å². The van der Waals surface area contributed by atoms with Crippen molar-refractivity contribution >= 4 is 33.2 Å². The van der Waals surface area contributed by atoms with Crippen molar-refractivity contribution in [3.63, 3.8) is 0 Å². The third-order valence-electron chi connectivity index (χ3n) is 12.6. The Morgan fingerprint density at radius 1 is 0.642 bits per heavy atom. The van der Waals surface area contributed by atoms with E-state index in [1.807, 2.05) is 18.5 Å². The van der Waals surface area contributed by atoms with E-state index in [-0.39, 0.29) is 5.41 Å². The molecule has 3 heteroatoms. The van der Waals surface area contributed by atoms with E-state index < -0.39 is 0 Å². The van der Waals surface area contributed by atoms with Crippen LogP contribution in [0.15, 0.2) is 182 Å². The lowest BCUT2D eigenvalue weighted by Crippen LogP contribution is -2.31. The number of rotatable bonds is 6. The number of allylic oxidation sites excluding steroid dienone is 6. The van der Waals surface area contributed by atoms with Gasteiger partial charge in [-0.1, -0.05) is 117 Å². The van der Waals surface area contributed by atoms with Crippen LogP contribution >= 0.6 is 0 Å². The zero-order valence-electron chi connectivity index (χ0n) is 30.3. The predicted octanol–water partition coefficient (Wildman–Crippen LogP) is 13.0. The summed E-state index contributed by atoms with van der Waals surface area (Å²) >= 11 is 0. The Labute approximate surface area is 312 Å². The molecule has 3 aliphatic rings. The van der Waals surface area contributed by atoms with Crippen molar-refractivity contribution < 1.29 is 0 Å². The SMILES string of the molecule is CC1(C)C2C=CC=CC2C2CC=C(N(c3ccc(-c4ccc5c(c4)c4ccccc4n5-c4ccccc4)cc3)c3cccc(-c4cccnc4)c3)CC21. The third-order valence-corrected chi connectivity index (χ3v) is 12.6. The summed E-state index contributed by atoms with van der Waals surface area (Å²) in [7, 11) is 0. The molecule has 0 spiro atoms. The normalized spacial score (nSPS) is 21.4. The molecule has 0 aliphatic heterocycles. The summed E-state index contributed by atoms with van der Waals surface area (Å²) in [5.41, 5.74) is 12.4. The molecule has 3 nitrogen and oxygen atoms in total. The number of nitrogens with zero attached hydrogens (tertiary/aromatic N) is 3. The van der Waals surface area contributed by atoms with Crippen molar-refractivity contribution in [2.24, 2.45) is 29.1 Å². The van der Waals surface area contributed by atoms with Crippen LogP contribution in [0, 0.1) is 29.1 Å². The monoisotopic (exact) mass is 685 g/mol. The van der Waals surface area contributed by atoms with Gasteiger partial charge in [0, 0.05) is 51.5 Å². The molecule has 7 aromatic rings. The maximum absolute atomic E-state index is 4.42. The minimum Gasteiger partial charge on any atom is -0.315 e. The fourth-order valence-corrected chi connectivity index (χ4v) is 9.99. The molecule has 10 rings (SSSR count). The quantitative estimate of drug-likeness (QED) is 0.174. The maximum atomic E-state index is 4.42. The molecule has 0 N–H and O–H groups in total. The highest BCUT2D eigenvalue weighted by Crippen LogP contribution is 2.61. The fourth-order valence-electron chi connectivity index (χ4n) is 9.99. The number of anilines is 2. The lowest BCUT2D eigenvalue weighted by atomic mass is 9.70. The number of pyridine rings is 1. The molecule has 4 atom stereocenters. The highest BCUT2D eigenvalue weighted by Gasteiger charge is 2.54. The molecule has 1 fully saturated rings. The van der Waals surface area contributed by atoms with E-state index in [1.54, 1.807) is 0 Å². The number of aromatic nitrogens is 2. The summed E-state index contributed by atoms with van der Waals surface area (Å²) in [4.78, 5) is 6.95. The zero-order chi connectivity index (χ0) is 35.5. The van der Waals surface area contributed by atoms with E-state index in [2.05, 4.69) is 186 Å². The van der Waals surface area contributed by atoms with Crippen molar-refractivity contribution in [2.45, 2.75) is 26.7 Å². The molecule has 4 unspecified atom stereocenters. The minimum atomic E-state index is 0.228. The minimum absolute atomic E-state index is 0.228. The highest BCUT2D eigenvalue weighted by atomic mass is 15.2. The number of benzene rings is 5. The Morgan fingerprint density at radius 3 is 2.25 bits per heavy atom. The maximum Gasteiger partial charge on any atom is 0.0541 e. The van der Waals surface area contributed by atoms with E-state index in [4.69, 9.17) is 0 Å². The first-order chi connectivity index (χ1) is 26.0.